The highest BCUT2D eigenvalue weighted by atomic mass is 16.2. The van der Waals surface area contributed by atoms with Gasteiger partial charge in [-0.3, -0.25) is 4.98 Å². The number of allylic oxidation sites excluding steroid dienone is 1. The molecule has 4 rings (SSSR count). The Labute approximate surface area is 166 Å². The summed E-state index contributed by atoms with van der Waals surface area (Å²) in [4.78, 5) is 7.33. The summed E-state index contributed by atoms with van der Waals surface area (Å²) < 4.78 is 0. The molecule has 0 aliphatic heterocycles. The number of nitrogens with zero attached hydrogens (tertiary/aromatic N) is 1. The Morgan fingerprint density at radius 3 is 2.54 bits per heavy atom. The van der Waals surface area contributed by atoms with Crippen molar-refractivity contribution >= 4 is 16.8 Å². The summed E-state index contributed by atoms with van der Waals surface area (Å²) >= 11 is 0. The van der Waals surface area contributed by atoms with E-state index in [1.165, 1.54) is 33.2 Å². The number of benzene rings is 2. The van der Waals surface area contributed by atoms with Crippen LogP contribution in [0.2, 0.25) is 0 Å². The van der Waals surface area contributed by atoms with Gasteiger partial charge in [-0.15, -0.1) is 0 Å². The Kier molecular flexibility index (Phi) is 6.77. The molecule has 0 aliphatic rings. The molecule has 4 aromatic rings. The fourth-order valence-electron chi connectivity index (χ4n) is 3.15. The van der Waals surface area contributed by atoms with Crippen LogP contribution in [0.1, 0.15) is 23.7 Å². The molecule has 0 amide bonds. The standard InChI is InChI=1S/C17H15NO.C8H11N/c19-11-9-13-4-6-15(7-5-13)16-3-1-2-14-8-10-18-12-17(14)16;1-3-4-8-7(2)5-6-9-8/h1-8,10,12,19H,9,11H2;3-6,9H,1-2H3/b;4-3-. The number of H-pyrrole nitrogens is 1. The van der Waals surface area contributed by atoms with Crippen LogP contribution in [0.25, 0.3) is 28.0 Å². The van der Waals surface area contributed by atoms with E-state index in [0.29, 0.717) is 6.42 Å². The van der Waals surface area contributed by atoms with Gasteiger partial charge in [-0.1, -0.05) is 48.5 Å². The lowest BCUT2D eigenvalue weighted by Gasteiger charge is -2.07. The van der Waals surface area contributed by atoms with Gasteiger partial charge >= 0.3 is 0 Å². The second-order valence-electron chi connectivity index (χ2n) is 6.65. The van der Waals surface area contributed by atoms with Crippen LogP contribution in [-0.2, 0) is 6.42 Å². The number of aryl methyl sites for hydroxylation is 1. The number of aliphatic hydroxyl groups excluding tert-OH is 1. The quantitative estimate of drug-likeness (QED) is 0.477. The predicted molar refractivity (Wildman–Crippen MR) is 118 cm³/mol. The van der Waals surface area contributed by atoms with E-state index in [1.54, 1.807) is 0 Å². The van der Waals surface area contributed by atoms with E-state index in [9.17, 15) is 0 Å². The van der Waals surface area contributed by atoms with E-state index in [1.807, 2.05) is 37.7 Å². The van der Waals surface area contributed by atoms with Gasteiger partial charge in [-0.25, -0.2) is 0 Å². The number of aromatic amines is 1. The zero-order chi connectivity index (χ0) is 19.8. The van der Waals surface area contributed by atoms with Crippen molar-refractivity contribution < 1.29 is 5.11 Å². The van der Waals surface area contributed by atoms with Gasteiger partial charge in [0, 0.05) is 36.3 Å². The van der Waals surface area contributed by atoms with E-state index >= 15 is 0 Å². The fraction of sp³-hybridized carbons (Fsp3) is 0.160. The number of rotatable bonds is 4. The molecule has 0 aliphatic carbocycles. The molecule has 0 unspecified atom stereocenters. The van der Waals surface area contributed by atoms with E-state index in [0.717, 1.165) is 5.56 Å². The zero-order valence-electron chi connectivity index (χ0n) is 16.4. The first-order valence-corrected chi connectivity index (χ1v) is 9.52. The first kappa shape index (κ1) is 19.6. The molecule has 0 fully saturated rings. The lowest BCUT2D eigenvalue weighted by atomic mass is 9.98. The molecule has 0 spiro atoms. The van der Waals surface area contributed by atoms with Crippen molar-refractivity contribution in [2.75, 3.05) is 6.61 Å². The number of nitrogens with one attached hydrogen (secondary N) is 1. The molecule has 0 radical (unpaired) electrons. The molecule has 142 valence electrons. The molecule has 0 saturated heterocycles. The van der Waals surface area contributed by atoms with Gasteiger partial charge in [0.15, 0.2) is 0 Å². The van der Waals surface area contributed by atoms with Crippen molar-refractivity contribution in [1.82, 2.24) is 9.97 Å². The molecule has 28 heavy (non-hydrogen) atoms. The van der Waals surface area contributed by atoms with Crippen molar-refractivity contribution in [3.8, 4) is 11.1 Å². The first-order valence-electron chi connectivity index (χ1n) is 9.52. The van der Waals surface area contributed by atoms with Gasteiger partial charge in [0.25, 0.3) is 0 Å². The van der Waals surface area contributed by atoms with Crippen molar-refractivity contribution in [2.45, 2.75) is 20.3 Å². The minimum absolute atomic E-state index is 0.192. The molecule has 3 heteroatoms. The molecule has 3 nitrogen and oxygen atoms in total. The summed E-state index contributed by atoms with van der Waals surface area (Å²) in [6.07, 6.45) is 10.5. The van der Waals surface area contributed by atoms with Crippen molar-refractivity contribution in [2.24, 2.45) is 0 Å². The van der Waals surface area contributed by atoms with Gasteiger partial charge in [0.2, 0.25) is 0 Å². The fourth-order valence-corrected chi connectivity index (χ4v) is 3.15. The average Bonchev–Trinajstić information content (AvgIpc) is 3.14. The summed E-state index contributed by atoms with van der Waals surface area (Å²) in [5, 5.41) is 11.3. The molecule has 0 bridgehead atoms. The smallest absolute Gasteiger partial charge is 0.0471 e. The number of aromatic nitrogens is 2. The third-order valence-corrected chi connectivity index (χ3v) is 4.68. The molecule has 2 aromatic carbocycles. The molecule has 0 atom stereocenters. The minimum atomic E-state index is 0.192. The molecule has 0 saturated carbocycles. The van der Waals surface area contributed by atoms with Crippen molar-refractivity contribution in [3.05, 3.63) is 96.1 Å². The Morgan fingerprint density at radius 2 is 1.86 bits per heavy atom. The third-order valence-electron chi connectivity index (χ3n) is 4.68. The summed E-state index contributed by atoms with van der Waals surface area (Å²) in [5.41, 5.74) is 6.04. The molecule has 2 N–H and O–H groups in total. The number of aliphatic hydroxyl groups is 1. The summed E-state index contributed by atoms with van der Waals surface area (Å²) in [6, 6.07) is 18.7. The van der Waals surface area contributed by atoms with E-state index < -0.39 is 0 Å². The summed E-state index contributed by atoms with van der Waals surface area (Å²) in [5.74, 6) is 0. The zero-order valence-corrected chi connectivity index (χ0v) is 16.4. The number of fused-ring (bicyclic) bond motifs is 1. The maximum absolute atomic E-state index is 8.94. The second kappa shape index (κ2) is 9.67. The van der Waals surface area contributed by atoms with Crippen LogP contribution < -0.4 is 0 Å². The maximum Gasteiger partial charge on any atom is 0.0471 e. The predicted octanol–water partition coefficient (Wildman–Crippen LogP) is 5.79. The molecular formula is C25H26N2O. The minimum Gasteiger partial charge on any atom is -0.396 e. The van der Waals surface area contributed by atoms with Crippen molar-refractivity contribution in [3.63, 3.8) is 0 Å². The Balaban J connectivity index is 0.000000211. The van der Waals surface area contributed by atoms with Crippen LogP contribution in [0.3, 0.4) is 0 Å². The topological polar surface area (TPSA) is 48.9 Å². The summed E-state index contributed by atoms with van der Waals surface area (Å²) in [7, 11) is 0. The van der Waals surface area contributed by atoms with Crippen molar-refractivity contribution in [1.29, 1.82) is 0 Å². The maximum atomic E-state index is 8.94. The van der Waals surface area contributed by atoms with Crippen LogP contribution in [0.5, 0.6) is 0 Å². The highest BCUT2D eigenvalue weighted by Gasteiger charge is 2.03. The van der Waals surface area contributed by atoms with Crippen LogP contribution in [0, 0.1) is 6.92 Å². The SMILES string of the molecule is C/C=C\c1[nH]ccc1C.OCCc1ccc(-c2cccc3ccncc23)cc1. The molecule has 2 heterocycles. The van der Waals surface area contributed by atoms with Crippen LogP contribution in [0.15, 0.2) is 79.3 Å². The van der Waals surface area contributed by atoms with Crippen LogP contribution in [0.4, 0.5) is 0 Å². The molecule has 2 aromatic heterocycles. The number of pyridine rings is 1. The Bertz CT molecular complexity index is 1040. The third kappa shape index (κ3) is 4.76. The van der Waals surface area contributed by atoms with Gasteiger partial charge in [-0.05, 0) is 66.1 Å². The largest absolute Gasteiger partial charge is 0.396 e. The van der Waals surface area contributed by atoms with Gasteiger partial charge in [0.1, 0.15) is 0 Å². The van der Waals surface area contributed by atoms with Gasteiger partial charge in [0.05, 0.1) is 0 Å². The lowest BCUT2D eigenvalue weighted by Crippen LogP contribution is -1.90. The normalized spacial score (nSPS) is 10.8. The number of hydrogen-bond acceptors (Lipinski definition) is 2. The van der Waals surface area contributed by atoms with Gasteiger partial charge in [-0.2, -0.15) is 0 Å². The molecular weight excluding hydrogens is 344 g/mol. The average molecular weight is 370 g/mol. The van der Waals surface area contributed by atoms with E-state index in [-0.39, 0.29) is 6.61 Å². The highest BCUT2D eigenvalue weighted by Crippen LogP contribution is 2.28. The first-order chi connectivity index (χ1) is 13.7. The lowest BCUT2D eigenvalue weighted by molar-refractivity contribution is 0.299. The Hall–Kier alpha value is -3.17. The summed E-state index contributed by atoms with van der Waals surface area (Å²) in [6.45, 7) is 4.30. The number of hydrogen-bond donors (Lipinski definition) is 2. The van der Waals surface area contributed by atoms with Gasteiger partial charge < -0.3 is 10.1 Å². The Morgan fingerprint density at radius 1 is 1.04 bits per heavy atom. The highest BCUT2D eigenvalue weighted by molar-refractivity contribution is 5.95. The van der Waals surface area contributed by atoms with Crippen LogP contribution >= 0.6 is 0 Å². The van der Waals surface area contributed by atoms with Crippen LogP contribution in [-0.4, -0.2) is 21.7 Å². The van der Waals surface area contributed by atoms with E-state index in [4.69, 9.17) is 5.11 Å². The second-order valence-corrected chi connectivity index (χ2v) is 6.65. The van der Waals surface area contributed by atoms with E-state index in [2.05, 4.69) is 71.5 Å². The monoisotopic (exact) mass is 370 g/mol.